The van der Waals surface area contributed by atoms with E-state index in [0.29, 0.717) is 29.9 Å². The summed E-state index contributed by atoms with van der Waals surface area (Å²) in [7, 11) is 0. The first kappa shape index (κ1) is 15.2. The maximum atomic E-state index is 12.2. The summed E-state index contributed by atoms with van der Waals surface area (Å²) in [6, 6.07) is 0. The van der Waals surface area contributed by atoms with Gasteiger partial charge in [-0.15, -0.1) is 0 Å². The Bertz CT molecular complexity index is 477. The van der Waals surface area contributed by atoms with Crippen molar-refractivity contribution in [2.24, 2.45) is 0 Å². The van der Waals surface area contributed by atoms with E-state index in [4.69, 9.17) is 9.63 Å². The minimum atomic E-state index is -0.877. The average Bonchev–Trinajstić information content (AvgIpc) is 2.67. The first-order valence-corrected chi connectivity index (χ1v) is 6.26. The van der Waals surface area contributed by atoms with E-state index in [-0.39, 0.29) is 12.3 Å². The number of hydrogen-bond acceptors (Lipinski definition) is 4. The van der Waals surface area contributed by atoms with Crippen molar-refractivity contribution >= 4 is 11.9 Å². The lowest BCUT2D eigenvalue weighted by Gasteiger charge is -2.25. The average molecular weight is 268 g/mol. The van der Waals surface area contributed by atoms with Gasteiger partial charge in [-0.2, -0.15) is 0 Å². The standard InChI is InChI=1S/C13H20N2O4/c1-5-9-11(8(2)19-15-9)12(18)14-13(3,4)7-6-10(16)17/h5-7H2,1-4H3,(H,14,18)(H,16,17). The molecule has 0 aliphatic rings. The summed E-state index contributed by atoms with van der Waals surface area (Å²) < 4.78 is 5.02. The molecule has 6 nitrogen and oxygen atoms in total. The van der Waals surface area contributed by atoms with Crippen LogP contribution in [-0.2, 0) is 11.2 Å². The molecule has 1 aromatic heterocycles. The van der Waals surface area contributed by atoms with Gasteiger partial charge in [-0.1, -0.05) is 12.1 Å². The van der Waals surface area contributed by atoms with Gasteiger partial charge in [0.15, 0.2) is 0 Å². The molecule has 19 heavy (non-hydrogen) atoms. The lowest BCUT2D eigenvalue weighted by atomic mass is 9.97. The molecule has 0 saturated carbocycles. The number of nitrogens with one attached hydrogen (secondary N) is 1. The number of carboxylic acid groups (broad SMARTS) is 1. The van der Waals surface area contributed by atoms with Gasteiger partial charge in [0.1, 0.15) is 11.3 Å². The SMILES string of the molecule is CCc1noc(C)c1C(=O)NC(C)(C)CCC(=O)O. The zero-order chi connectivity index (χ0) is 14.6. The molecule has 6 heteroatoms. The van der Waals surface area contributed by atoms with Crippen molar-refractivity contribution in [1.82, 2.24) is 10.5 Å². The zero-order valence-electron chi connectivity index (χ0n) is 11.7. The highest BCUT2D eigenvalue weighted by atomic mass is 16.5. The maximum Gasteiger partial charge on any atom is 0.303 e. The van der Waals surface area contributed by atoms with Crippen LogP contribution in [0.1, 0.15) is 55.4 Å². The largest absolute Gasteiger partial charge is 0.481 e. The van der Waals surface area contributed by atoms with E-state index in [1.165, 1.54) is 0 Å². The Morgan fingerprint density at radius 1 is 1.42 bits per heavy atom. The molecule has 0 unspecified atom stereocenters. The molecular weight excluding hydrogens is 248 g/mol. The fourth-order valence-corrected chi connectivity index (χ4v) is 1.80. The maximum absolute atomic E-state index is 12.2. The highest BCUT2D eigenvalue weighted by Crippen LogP contribution is 2.17. The van der Waals surface area contributed by atoms with Gasteiger partial charge in [0, 0.05) is 12.0 Å². The zero-order valence-corrected chi connectivity index (χ0v) is 11.7. The molecule has 1 rings (SSSR count). The van der Waals surface area contributed by atoms with E-state index >= 15 is 0 Å². The Kier molecular flexibility index (Phi) is 4.69. The van der Waals surface area contributed by atoms with E-state index in [1.54, 1.807) is 20.8 Å². The smallest absolute Gasteiger partial charge is 0.303 e. The molecular formula is C13H20N2O4. The predicted molar refractivity (Wildman–Crippen MR) is 69.0 cm³/mol. The van der Waals surface area contributed by atoms with E-state index in [9.17, 15) is 9.59 Å². The molecule has 2 N–H and O–H groups in total. The molecule has 0 bridgehead atoms. The van der Waals surface area contributed by atoms with Crippen molar-refractivity contribution in [2.45, 2.75) is 52.5 Å². The number of hydrogen-bond donors (Lipinski definition) is 2. The monoisotopic (exact) mass is 268 g/mol. The van der Waals surface area contributed by atoms with Gasteiger partial charge in [0.2, 0.25) is 0 Å². The molecule has 0 aliphatic heterocycles. The van der Waals surface area contributed by atoms with Crippen molar-refractivity contribution in [3.8, 4) is 0 Å². The molecule has 1 aromatic rings. The number of aryl methyl sites for hydroxylation is 2. The molecule has 106 valence electrons. The predicted octanol–water partition coefficient (Wildman–Crippen LogP) is 1.92. The topological polar surface area (TPSA) is 92.4 Å². The lowest BCUT2D eigenvalue weighted by Crippen LogP contribution is -2.44. The summed E-state index contributed by atoms with van der Waals surface area (Å²) in [5.74, 6) is -0.674. The van der Waals surface area contributed by atoms with Crippen LogP contribution in [0.2, 0.25) is 0 Å². The van der Waals surface area contributed by atoms with Crippen molar-refractivity contribution in [3.63, 3.8) is 0 Å². The summed E-state index contributed by atoms with van der Waals surface area (Å²) in [4.78, 5) is 22.8. The fraction of sp³-hybridized carbons (Fsp3) is 0.615. The fourth-order valence-electron chi connectivity index (χ4n) is 1.80. The third kappa shape index (κ3) is 4.08. The second-order valence-electron chi connectivity index (χ2n) is 5.15. The van der Waals surface area contributed by atoms with Crippen molar-refractivity contribution in [3.05, 3.63) is 17.0 Å². The van der Waals surface area contributed by atoms with Crippen LogP contribution in [0, 0.1) is 6.92 Å². The van der Waals surface area contributed by atoms with Crippen LogP contribution in [0.25, 0.3) is 0 Å². The van der Waals surface area contributed by atoms with Crippen LogP contribution >= 0.6 is 0 Å². The summed E-state index contributed by atoms with van der Waals surface area (Å²) in [6.07, 6.45) is 0.978. The third-order valence-corrected chi connectivity index (χ3v) is 2.91. The van der Waals surface area contributed by atoms with E-state index in [2.05, 4.69) is 10.5 Å². The minimum absolute atomic E-state index is 0.0105. The van der Waals surface area contributed by atoms with Crippen LogP contribution < -0.4 is 5.32 Å². The van der Waals surface area contributed by atoms with E-state index < -0.39 is 11.5 Å². The number of carbonyl (C=O) groups is 2. The van der Waals surface area contributed by atoms with Crippen LogP contribution in [0.4, 0.5) is 0 Å². The Balaban J connectivity index is 2.78. The van der Waals surface area contributed by atoms with Crippen LogP contribution in [0.3, 0.4) is 0 Å². The van der Waals surface area contributed by atoms with Gasteiger partial charge >= 0.3 is 5.97 Å². The Labute approximate surface area is 112 Å². The van der Waals surface area contributed by atoms with Crippen molar-refractivity contribution < 1.29 is 19.2 Å². The number of rotatable bonds is 6. The summed E-state index contributed by atoms with van der Waals surface area (Å²) in [5.41, 5.74) is 0.472. The minimum Gasteiger partial charge on any atom is -0.481 e. The third-order valence-electron chi connectivity index (χ3n) is 2.91. The van der Waals surface area contributed by atoms with Crippen LogP contribution in [-0.4, -0.2) is 27.7 Å². The van der Waals surface area contributed by atoms with E-state index in [0.717, 1.165) is 0 Å². The Hall–Kier alpha value is -1.85. The number of aromatic nitrogens is 1. The second-order valence-corrected chi connectivity index (χ2v) is 5.15. The Morgan fingerprint density at radius 3 is 2.58 bits per heavy atom. The lowest BCUT2D eigenvalue weighted by molar-refractivity contribution is -0.137. The number of nitrogens with zero attached hydrogens (tertiary/aromatic N) is 1. The first-order valence-electron chi connectivity index (χ1n) is 6.26. The summed E-state index contributed by atoms with van der Waals surface area (Å²) in [6.45, 7) is 7.17. The second kappa shape index (κ2) is 5.86. The summed E-state index contributed by atoms with van der Waals surface area (Å²) in [5, 5.41) is 15.3. The quantitative estimate of drug-likeness (QED) is 0.822. The summed E-state index contributed by atoms with van der Waals surface area (Å²) >= 11 is 0. The molecule has 0 fully saturated rings. The molecule has 0 radical (unpaired) electrons. The molecule has 0 aromatic carbocycles. The molecule has 1 heterocycles. The number of carbonyl (C=O) groups excluding carboxylic acids is 1. The molecule has 0 saturated heterocycles. The van der Waals surface area contributed by atoms with Gasteiger partial charge in [-0.3, -0.25) is 9.59 Å². The van der Waals surface area contributed by atoms with Gasteiger partial charge in [0.05, 0.1) is 5.69 Å². The number of amides is 1. The van der Waals surface area contributed by atoms with Gasteiger partial charge in [-0.05, 0) is 33.6 Å². The van der Waals surface area contributed by atoms with Gasteiger partial charge in [0.25, 0.3) is 5.91 Å². The first-order chi connectivity index (χ1) is 8.76. The Morgan fingerprint density at radius 2 is 2.05 bits per heavy atom. The van der Waals surface area contributed by atoms with Crippen LogP contribution in [0.15, 0.2) is 4.52 Å². The van der Waals surface area contributed by atoms with E-state index in [1.807, 2.05) is 6.92 Å². The van der Waals surface area contributed by atoms with Gasteiger partial charge in [-0.25, -0.2) is 0 Å². The number of carboxylic acids is 1. The van der Waals surface area contributed by atoms with Gasteiger partial charge < -0.3 is 14.9 Å². The molecule has 1 amide bonds. The van der Waals surface area contributed by atoms with Crippen LogP contribution in [0.5, 0.6) is 0 Å². The van der Waals surface area contributed by atoms with Crippen molar-refractivity contribution in [1.29, 1.82) is 0 Å². The molecule has 0 aliphatic carbocycles. The highest BCUT2D eigenvalue weighted by Gasteiger charge is 2.26. The number of aliphatic carboxylic acids is 1. The normalized spacial score (nSPS) is 11.4. The molecule has 0 atom stereocenters. The molecule has 0 spiro atoms. The highest BCUT2D eigenvalue weighted by molar-refractivity contribution is 5.96. The van der Waals surface area contributed by atoms with Crippen molar-refractivity contribution in [2.75, 3.05) is 0 Å².